The van der Waals surface area contributed by atoms with E-state index in [9.17, 15) is 9.59 Å². The van der Waals surface area contributed by atoms with Crippen LogP contribution >= 0.6 is 0 Å². The third-order valence-corrected chi connectivity index (χ3v) is 4.74. The van der Waals surface area contributed by atoms with Crippen LogP contribution < -0.4 is 9.47 Å². The number of ether oxygens (including phenoxy) is 3. The number of hydrogen-bond donors (Lipinski definition) is 1. The number of aliphatic hydroxyl groups is 1. The number of hydrogen-bond acceptors (Lipinski definition) is 6. The van der Waals surface area contributed by atoms with Crippen LogP contribution in [-0.2, 0) is 14.9 Å². The zero-order valence-corrected chi connectivity index (χ0v) is 12.5. The number of ketones is 1. The van der Waals surface area contributed by atoms with Gasteiger partial charge in [0.15, 0.2) is 11.5 Å². The van der Waals surface area contributed by atoms with Gasteiger partial charge in [0.05, 0.1) is 18.6 Å². The lowest BCUT2D eigenvalue weighted by Gasteiger charge is -2.41. The molecule has 0 radical (unpaired) electrons. The molecule has 22 heavy (non-hydrogen) atoms. The van der Waals surface area contributed by atoms with Crippen molar-refractivity contribution >= 4 is 12.1 Å². The summed E-state index contributed by atoms with van der Waals surface area (Å²) < 4.78 is 16.7. The number of fused-ring (bicyclic) bond motifs is 3. The monoisotopic (exact) mass is 306 g/mol. The molecule has 1 aliphatic carbocycles. The molecule has 2 aliphatic rings. The zero-order valence-electron chi connectivity index (χ0n) is 12.5. The lowest BCUT2D eigenvalue weighted by atomic mass is 9.66. The van der Waals surface area contributed by atoms with E-state index in [1.165, 1.54) is 7.11 Å². The lowest BCUT2D eigenvalue weighted by Crippen LogP contribution is -2.53. The summed E-state index contributed by atoms with van der Waals surface area (Å²) in [7, 11) is 1.52. The largest absolute Gasteiger partial charge is 0.493 e. The fourth-order valence-corrected chi connectivity index (χ4v) is 3.59. The highest BCUT2D eigenvalue weighted by Gasteiger charge is 2.57. The molecule has 118 valence electrons. The van der Waals surface area contributed by atoms with Gasteiger partial charge in [0.2, 0.25) is 0 Å². The molecule has 1 saturated carbocycles. The van der Waals surface area contributed by atoms with Crippen LogP contribution in [0.2, 0.25) is 0 Å². The molecule has 6 nitrogen and oxygen atoms in total. The summed E-state index contributed by atoms with van der Waals surface area (Å²) >= 11 is 0. The molecule has 1 fully saturated rings. The number of rotatable bonds is 4. The molecule has 0 aromatic heterocycles. The Kier molecular flexibility index (Phi) is 3.66. The van der Waals surface area contributed by atoms with Gasteiger partial charge in [-0.2, -0.15) is 0 Å². The molecule has 1 aliphatic heterocycles. The minimum atomic E-state index is -0.684. The van der Waals surface area contributed by atoms with Crippen LogP contribution in [-0.4, -0.2) is 43.3 Å². The van der Waals surface area contributed by atoms with Crippen LogP contribution in [0.5, 0.6) is 11.5 Å². The van der Waals surface area contributed by atoms with E-state index < -0.39 is 24.4 Å². The van der Waals surface area contributed by atoms with E-state index in [1.807, 2.05) is 6.92 Å². The van der Waals surface area contributed by atoms with Gasteiger partial charge in [-0.1, -0.05) is 0 Å². The maximum atomic E-state index is 12.0. The van der Waals surface area contributed by atoms with Crippen LogP contribution in [0.1, 0.15) is 35.7 Å². The van der Waals surface area contributed by atoms with Crippen molar-refractivity contribution in [2.45, 2.75) is 37.4 Å². The van der Waals surface area contributed by atoms with E-state index in [0.717, 1.165) is 6.29 Å². The summed E-state index contributed by atoms with van der Waals surface area (Å²) in [5, 5.41) is 9.15. The van der Waals surface area contributed by atoms with Crippen LogP contribution in [0.3, 0.4) is 0 Å². The van der Waals surface area contributed by atoms with Crippen molar-refractivity contribution in [2.75, 3.05) is 13.9 Å². The number of methoxy groups -OCH3 is 1. The van der Waals surface area contributed by atoms with Crippen molar-refractivity contribution < 1.29 is 28.9 Å². The van der Waals surface area contributed by atoms with Crippen molar-refractivity contribution in [3.63, 3.8) is 0 Å². The number of Topliss-reactive ketones (excluding diaryl/α,β-unsaturated/α-hetero) is 1. The standard InChI is InChI=1S/C16H18O6/c1-16-12(21-8-18)5-10(19)6-13(16)22-15-11(20-2)4-3-9(7-17)14(15)16/h3-4,7,12-13,18H,5-6,8H2,1-2H3/t12-,13-,16?/m0/s1. The summed E-state index contributed by atoms with van der Waals surface area (Å²) in [5.74, 6) is 1.02. The van der Waals surface area contributed by atoms with Gasteiger partial charge < -0.3 is 19.3 Å². The summed E-state index contributed by atoms with van der Waals surface area (Å²) in [4.78, 5) is 23.4. The van der Waals surface area contributed by atoms with Crippen LogP contribution in [0.15, 0.2) is 12.1 Å². The first-order valence-electron chi connectivity index (χ1n) is 7.13. The predicted molar refractivity (Wildman–Crippen MR) is 76.3 cm³/mol. The second-order valence-electron chi connectivity index (χ2n) is 5.80. The third-order valence-electron chi connectivity index (χ3n) is 4.74. The van der Waals surface area contributed by atoms with E-state index in [0.29, 0.717) is 22.6 Å². The summed E-state index contributed by atoms with van der Waals surface area (Å²) in [6.07, 6.45) is 0.219. The Bertz CT molecular complexity index is 625. The van der Waals surface area contributed by atoms with Gasteiger partial charge in [-0.05, 0) is 19.1 Å². The Morgan fingerprint density at radius 2 is 2.23 bits per heavy atom. The fourth-order valence-electron chi connectivity index (χ4n) is 3.59. The van der Waals surface area contributed by atoms with Crippen LogP contribution in [0.25, 0.3) is 0 Å². The van der Waals surface area contributed by atoms with Gasteiger partial charge in [0.1, 0.15) is 25.0 Å². The first-order chi connectivity index (χ1) is 10.6. The first-order valence-corrected chi connectivity index (χ1v) is 7.13. The summed E-state index contributed by atoms with van der Waals surface area (Å²) in [6, 6.07) is 3.35. The molecule has 3 atom stereocenters. The van der Waals surface area contributed by atoms with Gasteiger partial charge in [0.25, 0.3) is 0 Å². The zero-order chi connectivity index (χ0) is 15.9. The highest BCUT2D eigenvalue weighted by Crippen LogP contribution is 2.54. The quantitative estimate of drug-likeness (QED) is 0.665. The third kappa shape index (κ3) is 1.94. The Morgan fingerprint density at radius 3 is 2.86 bits per heavy atom. The Labute approximate surface area is 128 Å². The molecule has 0 bridgehead atoms. The SMILES string of the molecule is COc1ccc(C=O)c2c1O[C@H]1CC(=O)C[C@H](OCO)C21C. The molecule has 3 rings (SSSR count). The summed E-state index contributed by atoms with van der Waals surface area (Å²) in [5.41, 5.74) is 0.496. The lowest BCUT2D eigenvalue weighted by molar-refractivity contribution is -0.142. The molecule has 1 heterocycles. The molecule has 1 N–H and O–H groups in total. The van der Waals surface area contributed by atoms with Crippen LogP contribution in [0, 0.1) is 0 Å². The highest BCUT2D eigenvalue weighted by atomic mass is 16.6. The number of benzene rings is 1. The van der Waals surface area contributed by atoms with Gasteiger partial charge >= 0.3 is 0 Å². The molecule has 0 amide bonds. The maximum Gasteiger partial charge on any atom is 0.166 e. The average molecular weight is 306 g/mol. The normalized spacial score (nSPS) is 29.5. The minimum Gasteiger partial charge on any atom is -0.493 e. The molecule has 6 heteroatoms. The maximum absolute atomic E-state index is 12.0. The minimum absolute atomic E-state index is 0.0142. The molecule has 1 aromatic carbocycles. The van der Waals surface area contributed by atoms with Gasteiger partial charge in [0, 0.05) is 24.0 Å². The van der Waals surface area contributed by atoms with E-state index in [1.54, 1.807) is 12.1 Å². The molecular weight excluding hydrogens is 288 g/mol. The molecular formula is C16H18O6. The van der Waals surface area contributed by atoms with Crippen molar-refractivity contribution in [2.24, 2.45) is 0 Å². The van der Waals surface area contributed by atoms with E-state index in [4.69, 9.17) is 19.3 Å². The average Bonchev–Trinajstić information content (AvgIpc) is 2.81. The second kappa shape index (κ2) is 5.37. The Hall–Kier alpha value is -1.92. The van der Waals surface area contributed by atoms with Gasteiger partial charge in [-0.15, -0.1) is 0 Å². The molecule has 0 spiro atoms. The fraction of sp³-hybridized carbons (Fsp3) is 0.500. The molecule has 0 saturated heterocycles. The highest BCUT2D eigenvalue weighted by molar-refractivity contribution is 5.85. The molecule has 1 aromatic rings. The van der Waals surface area contributed by atoms with Crippen molar-refractivity contribution in [1.29, 1.82) is 0 Å². The Morgan fingerprint density at radius 1 is 1.45 bits per heavy atom. The number of aldehydes is 1. The van der Waals surface area contributed by atoms with Crippen molar-refractivity contribution in [1.82, 2.24) is 0 Å². The second-order valence-corrected chi connectivity index (χ2v) is 5.80. The number of carbonyl (C=O) groups is 2. The van der Waals surface area contributed by atoms with Gasteiger partial charge in [-0.25, -0.2) is 0 Å². The van der Waals surface area contributed by atoms with Crippen molar-refractivity contribution in [3.8, 4) is 11.5 Å². The first kappa shape index (κ1) is 15.0. The van der Waals surface area contributed by atoms with E-state index in [2.05, 4.69) is 0 Å². The number of aliphatic hydroxyl groups excluding tert-OH is 1. The predicted octanol–water partition coefficient (Wildman–Crippen LogP) is 1.22. The topological polar surface area (TPSA) is 82.1 Å². The Balaban J connectivity index is 2.19. The number of carbonyl (C=O) groups excluding carboxylic acids is 2. The van der Waals surface area contributed by atoms with Crippen LogP contribution in [0.4, 0.5) is 0 Å². The summed E-state index contributed by atoms with van der Waals surface area (Å²) in [6.45, 7) is 1.42. The smallest absolute Gasteiger partial charge is 0.166 e. The molecule has 1 unspecified atom stereocenters. The van der Waals surface area contributed by atoms with E-state index in [-0.39, 0.29) is 18.6 Å². The van der Waals surface area contributed by atoms with Gasteiger partial charge in [-0.3, -0.25) is 9.59 Å². The van der Waals surface area contributed by atoms with Crippen molar-refractivity contribution in [3.05, 3.63) is 23.3 Å². The van der Waals surface area contributed by atoms with E-state index >= 15 is 0 Å².